The molecule has 0 amide bonds. The molecule has 0 aromatic carbocycles. The molecule has 0 saturated carbocycles. The van der Waals surface area contributed by atoms with Gasteiger partial charge in [-0.25, -0.2) is 4.57 Å². The minimum atomic E-state index is -3.09. The van der Waals surface area contributed by atoms with E-state index in [1.165, 1.54) is 0 Å². The Kier molecular flexibility index (Phi) is 10.1. The fourth-order valence-corrected chi connectivity index (χ4v) is 5.36. The highest BCUT2D eigenvalue weighted by Gasteiger charge is 2.27. The van der Waals surface area contributed by atoms with Crippen LogP contribution in [0.1, 0.15) is 13.8 Å². The molecule has 0 aliphatic rings. The molecule has 0 radical (unpaired) electrons. The Labute approximate surface area is 116 Å². The summed E-state index contributed by atoms with van der Waals surface area (Å²) in [5.41, 5.74) is 0. The first-order chi connectivity index (χ1) is 7.49. The Balaban J connectivity index is 4.16. The van der Waals surface area contributed by atoms with Gasteiger partial charge in [0.25, 0.3) is 0 Å². The van der Waals surface area contributed by atoms with E-state index in [0.717, 1.165) is 11.4 Å². The topological polar surface area (TPSA) is 35.5 Å². The largest absolute Gasteiger partial charge is 0.389 e. The van der Waals surface area contributed by atoms with Crippen molar-refractivity contribution >= 4 is 53.0 Å². The molecule has 0 rings (SSSR count). The van der Waals surface area contributed by atoms with Crippen molar-refractivity contribution in [3.63, 3.8) is 0 Å². The number of rotatable bonds is 9. The van der Waals surface area contributed by atoms with Gasteiger partial charge in [-0.3, -0.25) is 0 Å². The maximum Gasteiger partial charge on any atom is 0.389 e. The molecule has 0 heterocycles. The molecular formula is C8H16Cl3O3PS. The fraction of sp³-hybridized carbons (Fsp3) is 1.00. The number of halogens is 3. The first-order valence-electron chi connectivity index (χ1n) is 4.86. The Morgan fingerprint density at radius 3 is 2.06 bits per heavy atom. The van der Waals surface area contributed by atoms with Crippen LogP contribution in [0.2, 0.25) is 0 Å². The number of hydrogen-bond donors (Lipinski definition) is 0. The van der Waals surface area contributed by atoms with Gasteiger partial charge in [0.2, 0.25) is 0 Å². The quantitative estimate of drug-likeness (QED) is 0.465. The summed E-state index contributed by atoms with van der Waals surface area (Å²) < 4.78 is 22.2. The lowest BCUT2D eigenvalue weighted by atomic mass is 10.4. The summed E-state index contributed by atoms with van der Waals surface area (Å²) in [6.07, 6.45) is 0. The second kappa shape index (κ2) is 9.32. The molecule has 0 aliphatic heterocycles. The second-order valence-corrected chi connectivity index (χ2v) is 8.31. The highest BCUT2D eigenvalue weighted by atomic mass is 35.5. The van der Waals surface area contributed by atoms with Crippen LogP contribution in [-0.2, 0) is 13.6 Å². The Hall–Kier alpha value is 1.37. The second-order valence-electron chi connectivity index (χ2n) is 2.76. The smallest absolute Gasteiger partial charge is 0.301 e. The molecule has 2 atom stereocenters. The minimum Gasteiger partial charge on any atom is -0.301 e. The van der Waals surface area contributed by atoms with Crippen LogP contribution in [-0.4, -0.2) is 35.6 Å². The molecule has 0 saturated heterocycles. The highest BCUT2D eigenvalue weighted by molar-refractivity contribution is 8.55. The molecule has 3 nitrogen and oxygen atoms in total. The van der Waals surface area contributed by atoms with Gasteiger partial charge in [0.05, 0.1) is 24.0 Å². The van der Waals surface area contributed by atoms with E-state index >= 15 is 0 Å². The lowest BCUT2D eigenvalue weighted by Gasteiger charge is -2.18. The molecule has 8 heteroatoms. The van der Waals surface area contributed by atoms with Crippen molar-refractivity contribution in [3.8, 4) is 0 Å². The molecule has 16 heavy (non-hydrogen) atoms. The highest BCUT2D eigenvalue weighted by Crippen LogP contribution is 2.60. The van der Waals surface area contributed by atoms with E-state index in [2.05, 4.69) is 0 Å². The summed E-state index contributed by atoms with van der Waals surface area (Å²) in [6, 6.07) is 0. The first-order valence-corrected chi connectivity index (χ1v) is 9.40. The zero-order valence-corrected chi connectivity index (χ0v) is 13.2. The summed E-state index contributed by atoms with van der Waals surface area (Å²) in [7, 11) is 0. The number of alkyl halides is 3. The van der Waals surface area contributed by atoms with Gasteiger partial charge >= 0.3 is 6.80 Å². The van der Waals surface area contributed by atoms with Crippen LogP contribution >= 0.6 is 53.0 Å². The predicted molar refractivity (Wildman–Crippen MR) is 73.3 cm³/mol. The van der Waals surface area contributed by atoms with Crippen molar-refractivity contribution in [1.82, 2.24) is 0 Å². The van der Waals surface area contributed by atoms with Gasteiger partial charge in [0.1, 0.15) is 0 Å². The molecule has 0 N–H and O–H groups in total. The maximum atomic E-state index is 12.0. The van der Waals surface area contributed by atoms with Gasteiger partial charge in [-0.15, -0.1) is 34.8 Å². The van der Waals surface area contributed by atoms with Crippen molar-refractivity contribution in [2.24, 2.45) is 0 Å². The van der Waals surface area contributed by atoms with E-state index in [-0.39, 0.29) is 16.6 Å². The normalized spacial score (nSPS) is 16.1. The van der Waals surface area contributed by atoms with Crippen LogP contribution in [0.15, 0.2) is 0 Å². The third-order valence-corrected chi connectivity index (χ3v) is 7.23. The van der Waals surface area contributed by atoms with Crippen molar-refractivity contribution in [3.05, 3.63) is 0 Å². The molecule has 0 aromatic rings. The lowest BCUT2D eigenvalue weighted by molar-refractivity contribution is 0.237. The van der Waals surface area contributed by atoms with Gasteiger partial charge in [0, 0.05) is 11.6 Å². The van der Waals surface area contributed by atoms with E-state index < -0.39 is 6.80 Å². The van der Waals surface area contributed by atoms with Crippen LogP contribution in [0, 0.1) is 0 Å². The van der Waals surface area contributed by atoms with E-state index in [0.29, 0.717) is 19.0 Å². The van der Waals surface area contributed by atoms with Crippen molar-refractivity contribution in [2.45, 2.75) is 24.6 Å². The van der Waals surface area contributed by atoms with Crippen LogP contribution in [0.3, 0.4) is 0 Å². The van der Waals surface area contributed by atoms with Gasteiger partial charge in [0.15, 0.2) is 0 Å². The summed E-state index contributed by atoms with van der Waals surface area (Å²) in [6.45, 7) is 1.08. The zero-order valence-electron chi connectivity index (χ0n) is 9.20. The summed E-state index contributed by atoms with van der Waals surface area (Å²) in [4.78, 5) is 0. The first kappa shape index (κ1) is 17.4. The Morgan fingerprint density at radius 2 is 1.69 bits per heavy atom. The number of hydrogen-bond acceptors (Lipinski definition) is 4. The Bertz CT molecular complexity index is 223. The molecular weight excluding hydrogens is 313 g/mol. The average molecular weight is 330 g/mol. The summed E-state index contributed by atoms with van der Waals surface area (Å²) in [5, 5.41) is -0.717. The fourth-order valence-electron chi connectivity index (χ4n) is 0.792. The summed E-state index contributed by atoms with van der Waals surface area (Å²) >= 11 is 18.4. The van der Waals surface area contributed by atoms with Gasteiger partial charge in [-0.1, -0.05) is 0 Å². The van der Waals surface area contributed by atoms with Crippen LogP contribution < -0.4 is 0 Å². The van der Waals surface area contributed by atoms with Crippen molar-refractivity contribution < 1.29 is 13.6 Å². The van der Waals surface area contributed by atoms with Crippen LogP contribution in [0.4, 0.5) is 0 Å². The third kappa shape index (κ3) is 6.95. The molecule has 2 unspecified atom stereocenters. The molecule has 0 aliphatic carbocycles. The van der Waals surface area contributed by atoms with Crippen molar-refractivity contribution in [1.29, 1.82) is 0 Å². The van der Waals surface area contributed by atoms with Gasteiger partial charge < -0.3 is 9.05 Å². The minimum absolute atomic E-state index is 0.254. The lowest BCUT2D eigenvalue weighted by Crippen LogP contribution is -2.19. The average Bonchev–Trinajstić information content (AvgIpc) is 2.25. The standard InChI is InChI=1S/C8H16Cl3O3PS/c1-3-13-15(12,14-4-2)16-6-8(11)7(10)5-9/h7-8H,3-6H2,1-2H3. The Morgan fingerprint density at radius 1 is 1.19 bits per heavy atom. The predicted octanol–water partition coefficient (Wildman–Crippen LogP) is 4.35. The molecule has 98 valence electrons. The van der Waals surface area contributed by atoms with E-state index in [1.54, 1.807) is 13.8 Å². The van der Waals surface area contributed by atoms with Crippen molar-refractivity contribution in [2.75, 3.05) is 24.8 Å². The molecule has 0 fully saturated rings. The van der Waals surface area contributed by atoms with Gasteiger partial charge in [-0.05, 0) is 25.2 Å². The SMILES string of the molecule is CCOP(=O)(OCC)SCC(Cl)C(Cl)CCl. The molecule has 0 bridgehead atoms. The molecule has 0 spiro atoms. The molecule has 0 aromatic heterocycles. The van der Waals surface area contributed by atoms with Gasteiger partial charge in [-0.2, -0.15) is 0 Å². The maximum absolute atomic E-state index is 12.0. The summed E-state index contributed by atoms with van der Waals surface area (Å²) in [5.74, 6) is 0.629. The van der Waals surface area contributed by atoms with Crippen LogP contribution in [0.5, 0.6) is 0 Å². The van der Waals surface area contributed by atoms with E-state index in [4.69, 9.17) is 43.9 Å². The van der Waals surface area contributed by atoms with Crippen LogP contribution in [0.25, 0.3) is 0 Å². The third-order valence-electron chi connectivity index (χ3n) is 1.51. The van der Waals surface area contributed by atoms with E-state index in [9.17, 15) is 4.57 Å². The monoisotopic (exact) mass is 328 g/mol. The zero-order chi connectivity index (χ0) is 12.6. The van der Waals surface area contributed by atoms with E-state index in [1.807, 2.05) is 0 Å².